The molecule has 0 saturated carbocycles. The van der Waals surface area contributed by atoms with Crippen LogP contribution in [-0.2, 0) is 17.6 Å². The Morgan fingerprint density at radius 2 is 1.95 bits per heavy atom. The van der Waals surface area contributed by atoms with Gasteiger partial charge in [0, 0.05) is 5.56 Å². The van der Waals surface area contributed by atoms with Gasteiger partial charge in [-0.2, -0.15) is 0 Å². The lowest BCUT2D eigenvalue weighted by atomic mass is 10.1. The Morgan fingerprint density at radius 3 is 2.60 bits per heavy atom. The molecule has 0 amide bonds. The van der Waals surface area contributed by atoms with Crippen molar-refractivity contribution < 1.29 is 13.9 Å². The van der Waals surface area contributed by atoms with Crippen molar-refractivity contribution in [3.05, 3.63) is 41.3 Å². The lowest BCUT2D eigenvalue weighted by Gasteiger charge is -2.02. The van der Waals surface area contributed by atoms with Gasteiger partial charge in [0.15, 0.2) is 0 Å². The van der Waals surface area contributed by atoms with E-state index in [9.17, 15) is 4.79 Å². The molecule has 2 rings (SSSR count). The number of aryl methyl sites for hydroxylation is 2. The molecule has 1 aromatic carbocycles. The number of hydrogen-bond donors (Lipinski definition) is 0. The maximum Gasteiger partial charge on any atom is 0.376 e. The number of hydrogen-bond acceptors (Lipinski definition) is 4. The van der Waals surface area contributed by atoms with Crippen molar-refractivity contribution in [1.82, 2.24) is 4.98 Å². The molecule has 4 nitrogen and oxygen atoms in total. The fraction of sp³-hybridized carbons (Fsp3) is 0.375. The van der Waals surface area contributed by atoms with Gasteiger partial charge in [0.05, 0.1) is 12.3 Å². The topological polar surface area (TPSA) is 52.3 Å². The highest BCUT2D eigenvalue weighted by molar-refractivity contribution is 5.88. The highest BCUT2D eigenvalue weighted by atomic mass is 16.5. The summed E-state index contributed by atoms with van der Waals surface area (Å²) in [7, 11) is 0. The van der Waals surface area contributed by atoms with Crippen LogP contribution < -0.4 is 0 Å². The fourth-order valence-electron chi connectivity index (χ4n) is 2.10. The quantitative estimate of drug-likeness (QED) is 0.780. The molecule has 2 aromatic rings. The van der Waals surface area contributed by atoms with Crippen LogP contribution in [0.1, 0.15) is 42.6 Å². The molecule has 0 atom stereocenters. The summed E-state index contributed by atoms with van der Waals surface area (Å²) in [5, 5.41) is 0. The lowest BCUT2D eigenvalue weighted by Crippen LogP contribution is -2.05. The molecule has 0 radical (unpaired) electrons. The molecule has 0 saturated heterocycles. The third kappa shape index (κ3) is 2.74. The Balaban J connectivity index is 2.46. The number of benzene rings is 1. The van der Waals surface area contributed by atoms with Crippen LogP contribution in [0.5, 0.6) is 0 Å². The van der Waals surface area contributed by atoms with Crippen LogP contribution >= 0.6 is 0 Å². The number of esters is 1. The van der Waals surface area contributed by atoms with Crippen LogP contribution in [0.4, 0.5) is 0 Å². The summed E-state index contributed by atoms with van der Waals surface area (Å²) < 4.78 is 10.7. The van der Waals surface area contributed by atoms with Gasteiger partial charge in [-0.15, -0.1) is 0 Å². The largest absolute Gasteiger partial charge is 0.460 e. The molecular formula is C16H19NO3. The van der Waals surface area contributed by atoms with E-state index in [1.54, 1.807) is 6.92 Å². The second kappa shape index (κ2) is 6.37. The molecule has 0 fully saturated rings. The van der Waals surface area contributed by atoms with E-state index in [1.807, 2.05) is 31.2 Å². The molecule has 4 heteroatoms. The van der Waals surface area contributed by atoms with Gasteiger partial charge >= 0.3 is 5.97 Å². The molecule has 20 heavy (non-hydrogen) atoms. The second-order valence-electron chi connectivity index (χ2n) is 4.38. The van der Waals surface area contributed by atoms with Gasteiger partial charge < -0.3 is 9.15 Å². The molecule has 0 spiro atoms. The molecule has 0 aliphatic heterocycles. The van der Waals surface area contributed by atoms with E-state index >= 15 is 0 Å². The number of nitrogens with zero attached hydrogens (tertiary/aromatic N) is 1. The maximum absolute atomic E-state index is 11.9. The summed E-state index contributed by atoms with van der Waals surface area (Å²) >= 11 is 0. The standard InChI is InChI=1S/C16H19NO3/c1-4-11-9-7-8-10-12(11)15-17-13(5-2)14(20-15)16(18)19-6-3/h7-10H,4-6H2,1-3H3. The molecule has 0 aliphatic rings. The van der Waals surface area contributed by atoms with Gasteiger partial charge in [-0.3, -0.25) is 0 Å². The zero-order valence-electron chi connectivity index (χ0n) is 12.1. The van der Waals surface area contributed by atoms with Crippen LogP contribution in [0.3, 0.4) is 0 Å². The minimum absolute atomic E-state index is 0.218. The number of ether oxygens (including phenoxy) is 1. The summed E-state index contributed by atoms with van der Waals surface area (Å²) in [5.41, 5.74) is 2.72. The van der Waals surface area contributed by atoms with E-state index in [0.717, 1.165) is 17.5 Å². The first-order valence-electron chi connectivity index (χ1n) is 6.96. The van der Waals surface area contributed by atoms with E-state index in [2.05, 4.69) is 11.9 Å². The molecule has 0 unspecified atom stereocenters. The normalized spacial score (nSPS) is 10.6. The van der Waals surface area contributed by atoms with Gasteiger partial charge in [0.1, 0.15) is 0 Å². The Morgan fingerprint density at radius 1 is 1.20 bits per heavy atom. The fourth-order valence-corrected chi connectivity index (χ4v) is 2.10. The SMILES string of the molecule is CCOC(=O)c1oc(-c2ccccc2CC)nc1CC. The predicted octanol–water partition coefficient (Wildman–Crippen LogP) is 3.64. The van der Waals surface area contributed by atoms with Gasteiger partial charge in [0.25, 0.3) is 0 Å². The van der Waals surface area contributed by atoms with Crippen LogP contribution in [0, 0.1) is 0 Å². The highest BCUT2D eigenvalue weighted by Crippen LogP contribution is 2.26. The number of carbonyl (C=O) groups excluding carboxylic acids is 1. The number of aromatic nitrogens is 1. The first-order chi connectivity index (χ1) is 9.71. The summed E-state index contributed by atoms with van der Waals surface area (Å²) in [5.74, 6) is 0.259. The minimum atomic E-state index is -0.447. The summed E-state index contributed by atoms with van der Waals surface area (Å²) in [6.07, 6.45) is 1.51. The maximum atomic E-state index is 11.9. The van der Waals surface area contributed by atoms with Gasteiger partial charge in [-0.1, -0.05) is 32.0 Å². The zero-order valence-corrected chi connectivity index (χ0v) is 12.1. The third-order valence-corrected chi connectivity index (χ3v) is 3.12. The van der Waals surface area contributed by atoms with Crippen LogP contribution in [0.2, 0.25) is 0 Å². The first kappa shape index (κ1) is 14.3. The Labute approximate surface area is 118 Å². The van der Waals surface area contributed by atoms with E-state index in [1.165, 1.54) is 0 Å². The smallest absolute Gasteiger partial charge is 0.376 e. The van der Waals surface area contributed by atoms with E-state index in [4.69, 9.17) is 9.15 Å². The van der Waals surface area contributed by atoms with Crippen LogP contribution in [0.25, 0.3) is 11.5 Å². The van der Waals surface area contributed by atoms with Crippen molar-refractivity contribution in [2.45, 2.75) is 33.6 Å². The van der Waals surface area contributed by atoms with Crippen LogP contribution in [0.15, 0.2) is 28.7 Å². The molecule has 1 aromatic heterocycles. The lowest BCUT2D eigenvalue weighted by molar-refractivity contribution is 0.0489. The van der Waals surface area contributed by atoms with E-state index < -0.39 is 5.97 Å². The molecule has 0 aliphatic carbocycles. The van der Waals surface area contributed by atoms with Crippen molar-refractivity contribution in [1.29, 1.82) is 0 Å². The second-order valence-corrected chi connectivity index (χ2v) is 4.38. The Bertz CT molecular complexity index is 602. The number of oxazole rings is 1. The van der Waals surface area contributed by atoms with Crippen molar-refractivity contribution in [2.24, 2.45) is 0 Å². The molecule has 106 valence electrons. The minimum Gasteiger partial charge on any atom is -0.460 e. The average molecular weight is 273 g/mol. The van der Waals surface area contributed by atoms with Gasteiger partial charge in [-0.05, 0) is 31.4 Å². The molecule has 0 bridgehead atoms. The van der Waals surface area contributed by atoms with Gasteiger partial charge in [0.2, 0.25) is 11.7 Å². The number of carbonyl (C=O) groups is 1. The van der Waals surface area contributed by atoms with Crippen molar-refractivity contribution >= 4 is 5.97 Å². The van der Waals surface area contributed by atoms with E-state index in [-0.39, 0.29) is 5.76 Å². The summed E-state index contributed by atoms with van der Waals surface area (Å²) in [6, 6.07) is 7.92. The molecule has 0 N–H and O–H groups in total. The zero-order chi connectivity index (χ0) is 14.5. The van der Waals surface area contributed by atoms with Gasteiger partial charge in [-0.25, -0.2) is 9.78 Å². The monoisotopic (exact) mass is 273 g/mol. The Hall–Kier alpha value is -2.10. The first-order valence-corrected chi connectivity index (χ1v) is 6.96. The number of rotatable bonds is 5. The summed E-state index contributed by atoms with van der Waals surface area (Å²) in [4.78, 5) is 16.3. The Kier molecular flexibility index (Phi) is 4.56. The molecule has 1 heterocycles. The highest BCUT2D eigenvalue weighted by Gasteiger charge is 2.21. The summed E-state index contributed by atoms with van der Waals surface area (Å²) in [6.45, 7) is 6.11. The average Bonchev–Trinajstić information content (AvgIpc) is 2.91. The van der Waals surface area contributed by atoms with E-state index in [0.29, 0.717) is 24.6 Å². The van der Waals surface area contributed by atoms with Crippen molar-refractivity contribution in [3.63, 3.8) is 0 Å². The van der Waals surface area contributed by atoms with Crippen molar-refractivity contribution in [3.8, 4) is 11.5 Å². The van der Waals surface area contributed by atoms with Crippen molar-refractivity contribution in [2.75, 3.05) is 6.61 Å². The third-order valence-electron chi connectivity index (χ3n) is 3.12. The molecular weight excluding hydrogens is 254 g/mol. The predicted molar refractivity (Wildman–Crippen MR) is 76.7 cm³/mol. The van der Waals surface area contributed by atoms with Crippen LogP contribution in [-0.4, -0.2) is 17.6 Å².